The number of rotatable bonds is 5. The molecule has 18 heavy (non-hydrogen) atoms. The third kappa shape index (κ3) is 2.95. The Balaban J connectivity index is 2.10. The van der Waals surface area contributed by atoms with Crippen LogP contribution in [0.4, 0.5) is 0 Å². The molecule has 0 atom stereocenters. The maximum Gasteiger partial charge on any atom is 0.251 e. The lowest BCUT2D eigenvalue weighted by Crippen LogP contribution is -2.24. The minimum absolute atomic E-state index is 0.0787. The van der Waals surface area contributed by atoms with Gasteiger partial charge in [-0.3, -0.25) is 9.89 Å². The van der Waals surface area contributed by atoms with Crippen molar-refractivity contribution in [3.63, 3.8) is 0 Å². The van der Waals surface area contributed by atoms with Gasteiger partial charge in [0.1, 0.15) is 0 Å². The van der Waals surface area contributed by atoms with Crippen LogP contribution in [0.1, 0.15) is 16.8 Å². The SMILES string of the molecule is O=C(NCCCO)c1cccc(-c2cn[nH]c2)c1. The molecule has 5 heteroatoms. The van der Waals surface area contributed by atoms with Crippen LogP contribution in [-0.4, -0.2) is 34.4 Å². The van der Waals surface area contributed by atoms with Crippen molar-refractivity contribution in [3.05, 3.63) is 42.2 Å². The third-order valence-corrected chi connectivity index (χ3v) is 2.58. The molecule has 0 aliphatic carbocycles. The van der Waals surface area contributed by atoms with Gasteiger partial charge in [-0.2, -0.15) is 5.10 Å². The van der Waals surface area contributed by atoms with Crippen molar-refractivity contribution in [2.75, 3.05) is 13.2 Å². The van der Waals surface area contributed by atoms with Crippen LogP contribution in [0.2, 0.25) is 0 Å². The van der Waals surface area contributed by atoms with Crippen LogP contribution >= 0.6 is 0 Å². The van der Waals surface area contributed by atoms with Gasteiger partial charge in [0.15, 0.2) is 0 Å². The van der Waals surface area contributed by atoms with Crippen molar-refractivity contribution < 1.29 is 9.90 Å². The molecular weight excluding hydrogens is 230 g/mol. The monoisotopic (exact) mass is 245 g/mol. The average Bonchev–Trinajstić information content (AvgIpc) is 2.93. The molecule has 0 fully saturated rings. The van der Waals surface area contributed by atoms with Crippen molar-refractivity contribution in [1.82, 2.24) is 15.5 Å². The summed E-state index contributed by atoms with van der Waals surface area (Å²) >= 11 is 0. The summed E-state index contributed by atoms with van der Waals surface area (Å²) in [7, 11) is 0. The fraction of sp³-hybridized carbons (Fsp3) is 0.231. The number of hydrogen-bond donors (Lipinski definition) is 3. The number of benzene rings is 1. The summed E-state index contributed by atoms with van der Waals surface area (Å²) in [4.78, 5) is 11.8. The molecule has 0 saturated heterocycles. The number of carbonyl (C=O) groups excluding carboxylic acids is 1. The van der Waals surface area contributed by atoms with Crippen LogP contribution in [0.25, 0.3) is 11.1 Å². The number of nitrogens with one attached hydrogen (secondary N) is 2. The Morgan fingerprint density at radius 2 is 2.28 bits per heavy atom. The molecule has 0 saturated carbocycles. The highest BCUT2D eigenvalue weighted by Crippen LogP contribution is 2.18. The number of aliphatic hydroxyl groups is 1. The molecular formula is C13H15N3O2. The van der Waals surface area contributed by atoms with Crippen LogP contribution < -0.4 is 5.32 Å². The molecule has 1 aromatic heterocycles. The van der Waals surface area contributed by atoms with Gasteiger partial charge in [0.25, 0.3) is 5.91 Å². The Bertz CT molecular complexity index is 509. The standard InChI is InChI=1S/C13H15N3O2/c17-6-2-5-14-13(18)11-4-1-3-10(7-11)12-8-15-16-9-12/h1,3-4,7-9,17H,2,5-6H2,(H,14,18)(H,15,16). The zero-order valence-corrected chi connectivity index (χ0v) is 9.89. The summed E-state index contributed by atoms with van der Waals surface area (Å²) in [5, 5.41) is 18.0. The van der Waals surface area contributed by atoms with E-state index in [2.05, 4.69) is 15.5 Å². The summed E-state index contributed by atoms with van der Waals surface area (Å²) in [6.45, 7) is 0.556. The molecule has 0 aliphatic rings. The number of nitrogens with zero attached hydrogens (tertiary/aromatic N) is 1. The Hall–Kier alpha value is -2.14. The Morgan fingerprint density at radius 1 is 1.39 bits per heavy atom. The van der Waals surface area contributed by atoms with E-state index >= 15 is 0 Å². The highest BCUT2D eigenvalue weighted by atomic mass is 16.3. The molecule has 2 rings (SSSR count). The number of H-pyrrole nitrogens is 1. The van der Waals surface area contributed by atoms with E-state index in [-0.39, 0.29) is 12.5 Å². The van der Waals surface area contributed by atoms with Crippen molar-refractivity contribution in [2.24, 2.45) is 0 Å². The topological polar surface area (TPSA) is 78.0 Å². The van der Waals surface area contributed by atoms with Crippen LogP contribution in [0.15, 0.2) is 36.7 Å². The van der Waals surface area contributed by atoms with E-state index in [0.717, 1.165) is 11.1 Å². The van der Waals surface area contributed by atoms with Crippen LogP contribution in [0.5, 0.6) is 0 Å². The second-order valence-corrected chi connectivity index (χ2v) is 3.90. The maximum atomic E-state index is 11.8. The highest BCUT2D eigenvalue weighted by Gasteiger charge is 2.06. The van der Waals surface area contributed by atoms with Gasteiger partial charge in [-0.25, -0.2) is 0 Å². The van der Waals surface area contributed by atoms with E-state index in [4.69, 9.17) is 5.11 Å². The van der Waals surface area contributed by atoms with Crippen molar-refractivity contribution in [1.29, 1.82) is 0 Å². The largest absolute Gasteiger partial charge is 0.396 e. The lowest BCUT2D eigenvalue weighted by atomic mass is 10.1. The lowest BCUT2D eigenvalue weighted by Gasteiger charge is -2.05. The molecule has 0 aliphatic heterocycles. The minimum atomic E-state index is -0.131. The first-order chi connectivity index (χ1) is 8.81. The predicted molar refractivity (Wildman–Crippen MR) is 68.1 cm³/mol. The van der Waals surface area contributed by atoms with E-state index < -0.39 is 0 Å². The molecule has 1 heterocycles. The summed E-state index contributed by atoms with van der Waals surface area (Å²) in [5.41, 5.74) is 2.49. The van der Waals surface area contributed by atoms with Gasteiger partial charge in [-0.05, 0) is 24.1 Å². The van der Waals surface area contributed by atoms with Gasteiger partial charge < -0.3 is 10.4 Å². The van der Waals surface area contributed by atoms with Crippen LogP contribution in [0, 0.1) is 0 Å². The molecule has 0 unspecified atom stereocenters. The molecule has 1 amide bonds. The van der Waals surface area contributed by atoms with Crippen molar-refractivity contribution in [3.8, 4) is 11.1 Å². The molecule has 5 nitrogen and oxygen atoms in total. The summed E-state index contributed by atoms with van der Waals surface area (Å²) in [5.74, 6) is -0.131. The van der Waals surface area contributed by atoms with Crippen molar-refractivity contribution >= 4 is 5.91 Å². The number of aromatic nitrogens is 2. The van der Waals surface area contributed by atoms with E-state index in [0.29, 0.717) is 18.5 Å². The Morgan fingerprint density at radius 3 is 3.00 bits per heavy atom. The van der Waals surface area contributed by atoms with E-state index in [9.17, 15) is 4.79 Å². The number of hydrogen-bond acceptors (Lipinski definition) is 3. The van der Waals surface area contributed by atoms with Gasteiger partial charge in [0, 0.05) is 30.5 Å². The molecule has 2 aromatic rings. The van der Waals surface area contributed by atoms with E-state index in [1.807, 2.05) is 18.2 Å². The number of amides is 1. The first-order valence-corrected chi connectivity index (χ1v) is 5.79. The summed E-state index contributed by atoms with van der Waals surface area (Å²) in [6, 6.07) is 7.34. The summed E-state index contributed by atoms with van der Waals surface area (Å²) < 4.78 is 0. The second kappa shape index (κ2) is 5.97. The highest BCUT2D eigenvalue weighted by molar-refractivity contribution is 5.95. The van der Waals surface area contributed by atoms with Gasteiger partial charge in [0.05, 0.1) is 6.20 Å². The molecule has 3 N–H and O–H groups in total. The summed E-state index contributed by atoms with van der Waals surface area (Å²) in [6.07, 6.45) is 4.05. The number of aliphatic hydroxyl groups excluding tert-OH is 1. The Kier molecular flexibility index (Phi) is 4.09. The van der Waals surface area contributed by atoms with Gasteiger partial charge in [-0.15, -0.1) is 0 Å². The average molecular weight is 245 g/mol. The number of aromatic amines is 1. The number of carbonyl (C=O) groups is 1. The maximum absolute atomic E-state index is 11.8. The molecule has 0 bridgehead atoms. The molecule has 94 valence electrons. The van der Waals surface area contributed by atoms with Gasteiger partial charge >= 0.3 is 0 Å². The predicted octanol–water partition coefficient (Wildman–Crippen LogP) is 1.19. The zero-order valence-electron chi connectivity index (χ0n) is 9.89. The van der Waals surface area contributed by atoms with E-state index in [1.165, 1.54) is 0 Å². The second-order valence-electron chi connectivity index (χ2n) is 3.90. The first-order valence-electron chi connectivity index (χ1n) is 5.79. The first kappa shape index (κ1) is 12.3. The minimum Gasteiger partial charge on any atom is -0.396 e. The van der Waals surface area contributed by atoms with Crippen molar-refractivity contribution in [2.45, 2.75) is 6.42 Å². The molecule has 0 spiro atoms. The molecule has 0 radical (unpaired) electrons. The quantitative estimate of drug-likeness (QED) is 0.692. The normalized spacial score (nSPS) is 10.3. The van der Waals surface area contributed by atoms with E-state index in [1.54, 1.807) is 18.5 Å². The Labute approximate surface area is 105 Å². The van der Waals surface area contributed by atoms with Gasteiger partial charge in [0.2, 0.25) is 0 Å². The zero-order chi connectivity index (χ0) is 12.8. The van der Waals surface area contributed by atoms with Crippen LogP contribution in [-0.2, 0) is 0 Å². The molecule has 1 aromatic carbocycles. The van der Waals surface area contributed by atoms with Gasteiger partial charge in [-0.1, -0.05) is 12.1 Å². The lowest BCUT2D eigenvalue weighted by molar-refractivity contribution is 0.0951. The third-order valence-electron chi connectivity index (χ3n) is 2.58. The fourth-order valence-corrected chi connectivity index (χ4v) is 1.63. The smallest absolute Gasteiger partial charge is 0.251 e. The van der Waals surface area contributed by atoms with Crippen LogP contribution in [0.3, 0.4) is 0 Å². The fourth-order valence-electron chi connectivity index (χ4n) is 1.63.